The van der Waals surface area contributed by atoms with Crippen LogP contribution in [0, 0.1) is 6.92 Å². The monoisotopic (exact) mass is 285 g/mol. The zero-order valence-electron chi connectivity index (χ0n) is 10.8. The first-order chi connectivity index (χ1) is 9.38. The maximum absolute atomic E-state index is 11.5. The van der Waals surface area contributed by atoms with Crippen molar-refractivity contribution in [2.45, 2.75) is 32.4 Å². The number of carbonyl (C=O) groups is 3. The third kappa shape index (κ3) is 5.33. The number of carboxylic acid groups (broad SMARTS) is 1. The van der Waals surface area contributed by atoms with Gasteiger partial charge in [-0.05, 0) is 6.42 Å². The Morgan fingerprint density at radius 3 is 2.65 bits per heavy atom. The molecule has 0 spiro atoms. The number of rotatable bonds is 7. The molecule has 0 fully saturated rings. The third-order valence-electron chi connectivity index (χ3n) is 2.26. The average molecular weight is 285 g/mol. The maximum atomic E-state index is 11.5. The van der Waals surface area contributed by atoms with Gasteiger partial charge in [0.2, 0.25) is 11.8 Å². The lowest BCUT2D eigenvalue weighted by Crippen LogP contribution is -2.46. The highest BCUT2D eigenvalue weighted by molar-refractivity contribution is 5.83. The van der Waals surface area contributed by atoms with E-state index in [0.29, 0.717) is 5.89 Å². The van der Waals surface area contributed by atoms with Crippen LogP contribution in [0.2, 0.25) is 0 Å². The summed E-state index contributed by atoms with van der Waals surface area (Å²) >= 11 is 0. The first-order valence-electron chi connectivity index (χ1n) is 5.73. The van der Waals surface area contributed by atoms with E-state index in [-0.39, 0.29) is 25.2 Å². The Morgan fingerprint density at radius 1 is 1.45 bits per heavy atom. The second kappa shape index (κ2) is 7.07. The molecule has 0 saturated carbocycles. The normalized spacial score (nSPS) is 11.7. The van der Waals surface area contributed by atoms with Crippen molar-refractivity contribution in [2.24, 2.45) is 5.73 Å². The van der Waals surface area contributed by atoms with Gasteiger partial charge in [0, 0.05) is 13.3 Å². The number of nitrogens with one attached hydrogen (secondary N) is 2. The molecular formula is C10H15N5O5. The van der Waals surface area contributed by atoms with Crippen molar-refractivity contribution in [3.8, 4) is 0 Å². The fraction of sp³-hybridized carbons (Fsp3) is 0.500. The maximum Gasteiger partial charge on any atom is 0.326 e. The fourth-order valence-electron chi connectivity index (χ4n) is 1.33. The van der Waals surface area contributed by atoms with E-state index in [9.17, 15) is 14.4 Å². The van der Waals surface area contributed by atoms with Crippen LogP contribution in [-0.4, -0.2) is 39.2 Å². The first-order valence-corrected chi connectivity index (χ1v) is 5.73. The lowest BCUT2D eigenvalue weighted by molar-refractivity contribution is -0.139. The number of carboxylic acids is 1. The van der Waals surface area contributed by atoms with Crippen molar-refractivity contribution >= 4 is 17.9 Å². The van der Waals surface area contributed by atoms with Gasteiger partial charge >= 0.3 is 12.0 Å². The van der Waals surface area contributed by atoms with Crippen molar-refractivity contribution in [3.05, 3.63) is 11.7 Å². The number of amides is 3. The Bertz CT molecular complexity index is 500. The van der Waals surface area contributed by atoms with Gasteiger partial charge in [0.05, 0.1) is 6.54 Å². The standard InChI is InChI=1S/C10H15N5O5/c1-5-13-8(15-20-5)4-12-10(19)14-6(9(17)18)2-3-7(11)16/h6H,2-4H2,1H3,(H2,11,16)(H,17,18)(H2,12,14,19)/t6-/m1/s1. The van der Waals surface area contributed by atoms with Gasteiger partial charge in [0.1, 0.15) is 6.04 Å². The van der Waals surface area contributed by atoms with Gasteiger partial charge in [-0.2, -0.15) is 4.98 Å². The van der Waals surface area contributed by atoms with E-state index < -0.39 is 23.9 Å². The third-order valence-corrected chi connectivity index (χ3v) is 2.26. The average Bonchev–Trinajstić information content (AvgIpc) is 2.77. The minimum atomic E-state index is -1.25. The van der Waals surface area contributed by atoms with Crippen LogP contribution in [0.5, 0.6) is 0 Å². The number of urea groups is 1. The van der Waals surface area contributed by atoms with Crippen molar-refractivity contribution < 1.29 is 24.0 Å². The van der Waals surface area contributed by atoms with E-state index in [1.54, 1.807) is 6.92 Å². The van der Waals surface area contributed by atoms with Crippen LogP contribution in [0.15, 0.2) is 4.52 Å². The molecule has 1 aromatic heterocycles. The molecule has 0 saturated heterocycles. The summed E-state index contributed by atoms with van der Waals surface area (Å²) in [6, 6.07) is -1.92. The molecule has 0 bridgehead atoms. The number of hydrogen-bond donors (Lipinski definition) is 4. The zero-order chi connectivity index (χ0) is 15.1. The summed E-state index contributed by atoms with van der Waals surface area (Å²) < 4.78 is 4.70. The van der Waals surface area contributed by atoms with Crippen molar-refractivity contribution in [1.82, 2.24) is 20.8 Å². The molecule has 0 aromatic carbocycles. The molecule has 10 nitrogen and oxygen atoms in total. The summed E-state index contributed by atoms with van der Waals surface area (Å²) in [5, 5.41) is 17.0. The lowest BCUT2D eigenvalue weighted by Gasteiger charge is -2.13. The van der Waals surface area contributed by atoms with Gasteiger partial charge in [-0.1, -0.05) is 5.16 Å². The molecule has 20 heavy (non-hydrogen) atoms. The molecule has 1 aromatic rings. The van der Waals surface area contributed by atoms with Crippen molar-refractivity contribution in [3.63, 3.8) is 0 Å². The minimum absolute atomic E-state index is 0.00860. The largest absolute Gasteiger partial charge is 0.480 e. The summed E-state index contributed by atoms with van der Waals surface area (Å²) in [7, 11) is 0. The molecule has 0 radical (unpaired) electrons. The summed E-state index contributed by atoms with van der Waals surface area (Å²) in [5.41, 5.74) is 4.92. The number of aliphatic carboxylic acids is 1. The topological polar surface area (TPSA) is 160 Å². The molecule has 10 heteroatoms. The van der Waals surface area contributed by atoms with Crippen LogP contribution in [0.1, 0.15) is 24.6 Å². The van der Waals surface area contributed by atoms with E-state index >= 15 is 0 Å². The number of hydrogen-bond acceptors (Lipinski definition) is 6. The van der Waals surface area contributed by atoms with Gasteiger partial charge in [0.15, 0.2) is 5.82 Å². The Morgan fingerprint density at radius 2 is 2.15 bits per heavy atom. The number of primary amides is 1. The van der Waals surface area contributed by atoms with Crippen LogP contribution in [0.25, 0.3) is 0 Å². The molecule has 1 atom stereocenters. The summed E-state index contributed by atoms with van der Waals surface area (Å²) in [5.74, 6) is -1.27. The molecule has 5 N–H and O–H groups in total. The van der Waals surface area contributed by atoms with Gasteiger partial charge < -0.3 is 26.0 Å². The molecular weight excluding hydrogens is 270 g/mol. The van der Waals surface area contributed by atoms with Crippen LogP contribution in [0.3, 0.4) is 0 Å². The Kier molecular flexibility index (Phi) is 5.44. The molecule has 1 rings (SSSR count). The van der Waals surface area contributed by atoms with Gasteiger partial charge in [-0.15, -0.1) is 0 Å². The number of nitrogens with zero attached hydrogens (tertiary/aromatic N) is 2. The summed E-state index contributed by atoms with van der Waals surface area (Å²) in [4.78, 5) is 36.8. The molecule has 0 aliphatic carbocycles. The van der Waals surface area contributed by atoms with E-state index in [0.717, 1.165) is 0 Å². The van der Waals surface area contributed by atoms with Crippen molar-refractivity contribution in [1.29, 1.82) is 0 Å². The smallest absolute Gasteiger partial charge is 0.326 e. The highest BCUT2D eigenvalue weighted by Gasteiger charge is 2.20. The highest BCUT2D eigenvalue weighted by atomic mass is 16.5. The predicted molar refractivity (Wildman–Crippen MR) is 64.3 cm³/mol. The summed E-state index contributed by atoms with van der Waals surface area (Å²) in [6.07, 6.45) is -0.222. The number of aryl methyl sites for hydroxylation is 1. The van der Waals surface area contributed by atoms with Crippen LogP contribution in [-0.2, 0) is 16.1 Å². The molecule has 0 aliphatic rings. The minimum Gasteiger partial charge on any atom is -0.480 e. The van der Waals surface area contributed by atoms with Crippen LogP contribution < -0.4 is 16.4 Å². The second-order valence-electron chi connectivity index (χ2n) is 3.95. The Balaban J connectivity index is 2.41. The van der Waals surface area contributed by atoms with Gasteiger partial charge in [0.25, 0.3) is 0 Å². The van der Waals surface area contributed by atoms with Crippen molar-refractivity contribution in [2.75, 3.05) is 0 Å². The molecule has 110 valence electrons. The predicted octanol–water partition coefficient (Wildman–Crippen LogP) is -1.10. The SMILES string of the molecule is Cc1nc(CNC(=O)N[C@H](CCC(N)=O)C(=O)O)no1. The molecule has 1 heterocycles. The molecule has 0 unspecified atom stereocenters. The Hall–Kier alpha value is -2.65. The zero-order valence-corrected chi connectivity index (χ0v) is 10.8. The lowest BCUT2D eigenvalue weighted by atomic mass is 10.1. The second-order valence-corrected chi connectivity index (χ2v) is 3.95. The number of aromatic nitrogens is 2. The van der Waals surface area contributed by atoms with Crippen LogP contribution in [0.4, 0.5) is 4.79 Å². The van der Waals surface area contributed by atoms with E-state index in [4.69, 9.17) is 15.4 Å². The quantitative estimate of drug-likeness (QED) is 0.494. The number of carbonyl (C=O) groups excluding carboxylic acids is 2. The fourth-order valence-corrected chi connectivity index (χ4v) is 1.33. The highest BCUT2D eigenvalue weighted by Crippen LogP contribution is 1.98. The number of nitrogens with two attached hydrogens (primary N) is 1. The Labute approximate surface area is 113 Å². The van der Waals surface area contributed by atoms with E-state index in [2.05, 4.69) is 20.8 Å². The van der Waals surface area contributed by atoms with Gasteiger partial charge in [-0.3, -0.25) is 4.79 Å². The van der Waals surface area contributed by atoms with Gasteiger partial charge in [-0.25, -0.2) is 9.59 Å². The van der Waals surface area contributed by atoms with E-state index in [1.165, 1.54) is 0 Å². The molecule has 3 amide bonds. The first kappa shape index (κ1) is 15.4. The van der Waals surface area contributed by atoms with E-state index in [1.807, 2.05) is 0 Å². The molecule has 0 aliphatic heterocycles. The van der Waals surface area contributed by atoms with Crippen LogP contribution >= 0.6 is 0 Å². The summed E-state index contributed by atoms with van der Waals surface area (Å²) in [6.45, 7) is 1.59.